The maximum Gasteiger partial charge on any atom is 0.326 e. The number of aliphatic carboxylic acids is 2. The number of urea groups is 1. The van der Waals surface area contributed by atoms with E-state index in [9.17, 15) is 14.4 Å². The van der Waals surface area contributed by atoms with Gasteiger partial charge in [0.15, 0.2) is 0 Å². The second-order valence-corrected chi connectivity index (χ2v) is 4.83. The summed E-state index contributed by atoms with van der Waals surface area (Å²) in [5, 5.41) is 19.8. The smallest absolute Gasteiger partial charge is 0.326 e. The lowest BCUT2D eigenvalue weighted by Crippen LogP contribution is -2.49. The molecule has 0 radical (unpaired) electrons. The number of carboxylic acids is 2. The van der Waals surface area contributed by atoms with Gasteiger partial charge in [0.2, 0.25) is 0 Å². The van der Waals surface area contributed by atoms with Crippen LogP contribution in [-0.4, -0.2) is 52.2 Å². The molecule has 0 heterocycles. The van der Waals surface area contributed by atoms with Crippen molar-refractivity contribution in [3.63, 3.8) is 0 Å². The van der Waals surface area contributed by atoms with Crippen LogP contribution in [0, 0.1) is 5.92 Å². The second-order valence-electron chi connectivity index (χ2n) is 4.83. The van der Waals surface area contributed by atoms with Gasteiger partial charge in [-0.2, -0.15) is 0 Å². The minimum absolute atomic E-state index is 0.498. The Morgan fingerprint density at radius 1 is 1.32 bits per heavy atom. The van der Waals surface area contributed by atoms with Gasteiger partial charge in [-0.15, -0.1) is 0 Å². The number of nitrogens with zero attached hydrogens (tertiary/aromatic N) is 1. The number of rotatable bonds is 8. The van der Waals surface area contributed by atoms with Crippen molar-refractivity contribution in [1.29, 1.82) is 0 Å². The lowest BCUT2D eigenvalue weighted by Gasteiger charge is -2.24. The second kappa shape index (κ2) is 6.96. The van der Waals surface area contributed by atoms with Crippen LogP contribution in [0.15, 0.2) is 0 Å². The molecule has 1 aliphatic rings. The standard InChI is InChI=1S/C12H20N2O5/c1-2-5-14(7-8-3-4-8)12(19)13-9(11(17)18)6-10(15)16/h8-9H,2-7H2,1H3,(H,13,19)(H,15,16)(H,17,18). The lowest BCUT2D eigenvalue weighted by molar-refractivity contribution is -0.145. The summed E-state index contributed by atoms with van der Waals surface area (Å²) in [6.07, 6.45) is 2.33. The molecular weight excluding hydrogens is 252 g/mol. The van der Waals surface area contributed by atoms with Gasteiger partial charge in [0.05, 0.1) is 6.42 Å². The maximum atomic E-state index is 12.0. The third-order valence-corrected chi connectivity index (χ3v) is 2.93. The van der Waals surface area contributed by atoms with Gasteiger partial charge in [-0.3, -0.25) is 4.79 Å². The van der Waals surface area contributed by atoms with E-state index in [1.807, 2.05) is 6.92 Å². The number of carbonyl (C=O) groups excluding carboxylic acids is 1. The van der Waals surface area contributed by atoms with Gasteiger partial charge in [-0.25, -0.2) is 9.59 Å². The molecular formula is C12H20N2O5. The molecule has 1 saturated carbocycles. The highest BCUT2D eigenvalue weighted by Crippen LogP contribution is 2.29. The molecule has 7 nitrogen and oxygen atoms in total. The number of hydrogen-bond donors (Lipinski definition) is 3. The Kier molecular flexibility index (Phi) is 5.59. The highest BCUT2D eigenvalue weighted by atomic mass is 16.4. The topological polar surface area (TPSA) is 107 Å². The van der Waals surface area contributed by atoms with Crippen LogP contribution in [0.2, 0.25) is 0 Å². The maximum absolute atomic E-state index is 12.0. The largest absolute Gasteiger partial charge is 0.481 e. The lowest BCUT2D eigenvalue weighted by atomic mass is 10.2. The third-order valence-electron chi connectivity index (χ3n) is 2.93. The van der Waals surface area contributed by atoms with Gasteiger partial charge in [-0.1, -0.05) is 6.92 Å². The number of carboxylic acid groups (broad SMARTS) is 2. The van der Waals surface area contributed by atoms with E-state index in [1.165, 1.54) is 0 Å². The zero-order valence-corrected chi connectivity index (χ0v) is 11.0. The van der Waals surface area contributed by atoms with Crippen molar-refractivity contribution in [2.24, 2.45) is 5.92 Å². The van der Waals surface area contributed by atoms with Crippen molar-refractivity contribution < 1.29 is 24.6 Å². The molecule has 0 saturated heterocycles. The highest BCUT2D eigenvalue weighted by molar-refractivity contribution is 5.86. The van der Waals surface area contributed by atoms with E-state index in [0.29, 0.717) is 19.0 Å². The summed E-state index contributed by atoms with van der Waals surface area (Å²) in [7, 11) is 0. The third kappa shape index (κ3) is 5.58. The Labute approximate surface area is 111 Å². The van der Waals surface area contributed by atoms with E-state index in [2.05, 4.69) is 5.32 Å². The van der Waals surface area contributed by atoms with Gasteiger partial charge >= 0.3 is 18.0 Å². The van der Waals surface area contributed by atoms with Gasteiger partial charge in [0, 0.05) is 13.1 Å². The van der Waals surface area contributed by atoms with Crippen LogP contribution in [0.3, 0.4) is 0 Å². The Morgan fingerprint density at radius 2 is 1.95 bits per heavy atom. The van der Waals surface area contributed by atoms with Gasteiger partial charge < -0.3 is 20.4 Å². The number of nitrogens with one attached hydrogen (secondary N) is 1. The summed E-state index contributed by atoms with van der Waals surface area (Å²) in [5.74, 6) is -2.09. The van der Waals surface area contributed by atoms with E-state index < -0.39 is 30.4 Å². The summed E-state index contributed by atoms with van der Waals surface area (Å²) in [5.41, 5.74) is 0. The minimum atomic E-state index is -1.39. The molecule has 108 valence electrons. The fourth-order valence-electron chi connectivity index (χ4n) is 1.77. The Balaban J connectivity index is 2.55. The van der Waals surface area contributed by atoms with Gasteiger partial charge in [0.1, 0.15) is 6.04 Å². The van der Waals surface area contributed by atoms with E-state index in [0.717, 1.165) is 19.3 Å². The van der Waals surface area contributed by atoms with Crippen LogP contribution in [0.1, 0.15) is 32.6 Å². The zero-order valence-electron chi connectivity index (χ0n) is 11.0. The number of carbonyl (C=O) groups is 3. The van der Waals surface area contributed by atoms with E-state index in [4.69, 9.17) is 10.2 Å². The predicted molar refractivity (Wildman–Crippen MR) is 66.8 cm³/mol. The number of hydrogen-bond acceptors (Lipinski definition) is 3. The number of amides is 2. The highest BCUT2D eigenvalue weighted by Gasteiger charge is 2.29. The molecule has 0 aliphatic heterocycles. The molecule has 2 amide bonds. The molecule has 3 N–H and O–H groups in total. The van der Waals surface area contributed by atoms with Crippen molar-refractivity contribution >= 4 is 18.0 Å². The van der Waals surface area contributed by atoms with E-state index in [-0.39, 0.29) is 0 Å². The quantitative estimate of drug-likeness (QED) is 0.604. The molecule has 1 rings (SSSR count). The zero-order chi connectivity index (χ0) is 14.4. The van der Waals surface area contributed by atoms with Crippen molar-refractivity contribution in [3.05, 3.63) is 0 Å². The first-order valence-corrected chi connectivity index (χ1v) is 6.44. The Bertz CT molecular complexity index is 354. The molecule has 19 heavy (non-hydrogen) atoms. The molecule has 0 aromatic heterocycles. The van der Waals surface area contributed by atoms with Gasteiger partial charge in [0.25, 0.3) is 0 Å². The summed E-state index contributed by atoms with van der Waals surface area (Å²) in [6, 6.07) is -1.88. The molecule has 0 bridgehead atoms. The van der Waals surface area contributed by atoms with E-state index in [1.54, 1.807) is 4.90 Å². The van der Waals surface area contributed by atoms with Crippen molar-refractivity contribution in [3.8, 4) is 0 Å². The first-order valence-electron chi connectivity index (χ1n) is 6.44. The fraction of sp³-hybridized carbons (Fsp3) is 0.750. The monoisotopic (exact) mass is 272 g/mol. The average molecular weight is 272 g/mol. The van der Waals surface area contributed by atoms with Gasteiger partial charge in [-0.05, 0) is 25.2 Å². The van der Waals surface area contributed by atoms with Crippen LogP contribution in [0.25, 0.3) is 0 Å². The normalized spacial score (nSPS) is 15.6. The van der Waals surface area contributed by atoms with Crippen LogP contribution in [0.4, 0.5) is 4.79 Å². The van der Waals surface area contributed by atoms with Crippen molar-refractivity contribution in [2.75, 3.05) is 13.1 Å². The molecule has 0 aromatic rings. The van der Waals surface area contributed by atoms with Crippen molar-refractivity contribution in [2.45, 2.75) is 38.6 Å². The van der Waals surface area contributed by atoms with E-state index >= 15 is 0 Å². The average Bonchev–Trinajstić information content (AvgIpc) is 3.10. The summed E-state index contributed by atoms with van der Waals surface area (Å²) in [4.78, 5) is 35.0. The molecule has 1 unspecified atom stereocenters. The molecule has 0 spiro atoms. The fourth-order valence-corrected chi connectivity index (χ4v) is 1.77. The van der Waals surface area contributed by atoms with Crippen LogP contribution in [0.5, 0.6) is 0 Å². The first kappa shape index (κ1) is 15.3. The van der Waals surface area contributed by atoms with Crippen LogP contribution < -0.4 is 5.32 Å². The first-order chi connectivity index (χ1) is 8.93. The Morgan fingerprint density at radius 3 is 2.37 bits per heavy atom. The molecule has 1 aliphatic carbocycles. The SMILES string of the molecule is CCCN(CC1CC1)C(=O)NC(CC(=O)O)C(=O)O. The Hall–Kier alpha value is -1.79. The summed E-state index contributed by atoms with van der Waals surface area (Å²) >= 11 is 0. The molecule has 1 atom stereocenters. The summed E-state index contributed by atoms with van der Waals surface area (Å²) in [6.45, 7) is 3.08. The van der Waals surface area contributed by atoms with Crippen LogP contribution >= 0.6 is 0 Å². The van der Waals surface area contributed by atoms with Crippen molar-refractivity contribution in [1.82, 2.24) is 10.2 Å². The summed E-state index contributed by atoms with van der Waals surface area (Å²) < 4.78 is 0. The molecule has 0 aromatic carbocycles. The minimum Gasteiger partial charge on any atom is -0.481 e. The van der Waals surface area contributed by atoms with Crippen LogP contribution in [-0.2, 0) is 9.59 Å². The molecule has 1 fully saturated rings. The predicted octanol–water partition coefficient (Wildman–Crippen LogP) is 0.746. The molecule has 7 heteroatoms.